The maximum absolute atomic E-state index is 11.1. The second-order valence-electron chi connectivity index (χ2n) is 4.89. The van der Waals surface area contributed by atoms with E-state index in [-0.39, 0.29) is 11.4 Å². The van der Waals surface area contributed by atoms with Gasteiger partial charge in [-0.2, -0.15) is 0 Å². The molecule has 98 valence electrons. The maximum Gasteiger partial charge on any atom is 0.309 e. The molecule has 0 aromatic heterocycles. The minimum Gasteiger partial charge on any atom is -0.493 e. The molecule has 1 aliphatic carbocycles. The predicted octanol–water partition coefficient (Wildman–Crippen LogP) is 1.52. The summed E-state index contributed by atoms with van der Waals surface area (Å²) in [6, 6.07) is 7.53. The number of esters is 1. The minimum atomic E-state index is -0.233. The van der Waals surface area contributed by atoms with Crippen LogP contribution in [-0.2, 0) is 16.0 Å². The Labute approximate surface area is 107 Å². The molecule has 1 aliphatic rings. The molecule has 1 aromatic rings. The van der Waals surface area contributed by atoms with Crippen molar-refractivity contribution in [1.29, 1.82) is 0 Å². The van der Waals surface area contributed by atoms with Crippen molar-refractivity contribution < 1.29 is 14.3 Å². The Bertz CT molecular complexity index is 410. The second-order valence-corrected chi connectivity index (χ2v) is 4.89. The van der Waals surface area contributed by atoms with E-state index in [1.165, 1.54) is 7.11 Å². The highest BCUT2D eigenvalue weighted by molar-refractivity contribution is 5.72. The lowest BCUT2D eigenvalue weighted by Gasteiger charge is -2.13. The monoisotopic (exact) mass is 249 g/mol. The molecule has 0 bridgehead atoms. The van der Waals surface area contributed by atoms with Crippen molar-refractivity contribution in [2.45, 2.75) is 19.3 Å². The van der Waals surface area contributed by atoms with Crippen LogP contribution in [0.5, 0.6) is 5.75 Å². The first-order valence-corrected chi connectivity index (χ1v) is 6.16. The molecule has 0 radical (unpaired) electrons. The van der Waals surface area contributed by atoms with Crippen molar-refractivity contribution in [2.24, 2.45) is 11.1 Å². The fourth-order valence-corrected chi connectivity index (χ4v) is 1.76. The molecule has 1 fully saturated rings. The van der Waals surface area contributed by atoms with Gasteiger partial charge in [-0.15, -0.1) is 0 Å². The third kappa shape index (κ3) is 3.23. The Balaban J connectivity index is 1.85. The normalized spacial score (nSPS) is 16.1. The van der Waals surface area contributed by atoms with E-state index >= 15 is 0 Å². The molecule has 0 heterocycles. The van der Waals surface area contributed by atoms with E-state index in [9.17, 15) is 4.79 Å². The van der Waals surface area contributed by atoms with Crippen molar-refractivity contribution in [1.82, 2.24) is 0 Å². The fourth-order valence-electron chi connectivity index (χ4n) is 1.76. The summed E-state index contributed by atoms with van der Waals surface area (Å²) in [6.45, 7) is 1.37. The Hall–Kier alpha value is -1.55. The molecule has 0 unspecified atom stereocenters. The standard InChI is InChI=1S/C14H19NO3/c1-17-13(16)8-11-2-4-12(5-3-11)18-10-14(9-15)6-7-14/h2-5H,6-10,15H2,1H3. The van der Waals surface area contributed by atoms with Gasteiger partial charge in [0.2, 0.25) is 0 Å². The number of benzene rings is 1. The van der Waals surface area contributed by atoms with Crippen molar-refractivity contribution in [3.05, 3.63) is 29.8 Å². The molecule has 0 saturated heterocycles. The first-order valence-electron chi connectivity index (χ1n) is 6.16. The molecule has 1 aromatic carbocycles. The number of ether oxygens (including phenoxy) is 2. The van der Waals surface area contributed by atoms with Gasteiger partial charge in [-0.25, -0.2) is 0 Å². The van der Waals surface area contributed by atoms with Crippen LogP contribution in [0, 0.1) is 5.41 Å². The van der Waals surface area contributed by atoms with Crippen LogP contribution < -0.4 is 10.5 Å². The van der Waals surface area contributed by atoms with Crippen molar-refractivity contribution in [3.63, 3.8) is 0 Å². The summed E-state index contributed by atoms with van der Waals surface area (Å²) >= 11 is 0. The average Bonchev–Trinajstić information content (AvgIpc) is 3.18. The average molecular weight is 249 g/mol. The van der Waals surface area contributed by atoms with Gasteiger partial charge in [0, 0.05) is 12.0 Å². The summed E-state index contributed by atoms with van der Waals surface area (Å²) in [6.07, 6.45) is 2.61. The van der Waals surface area contributed by atoms with Gasteiger partial charge in [0.15, 0.2) is 0 Å². The molecule has 1 saturated carbocycles. The van der Waals surface area contributed by atoms with Gasteiger partial charge in [0.1, 0.15) is 5.75 Å². The molecule has 0 aliphatic heterocycles. The SMILES string of the molecule is COC(=O)Cc1ccc(OCC2(CN)CC2)cc1. The Morgan fingerprint density at radius 1 is 1.33 bits per heavy atom. The fraction of sp³-hybridized carbons (Fsp3) is 0.500. The zero-order valence-corrected chi connectivity index (χ0v) is 10.6. The summed E-state index contributed by atoms with van der Waals surface area (Å²) in [4.78, 5) is 11.1. The highest BCUT2D eigenvalue weighted by Gasteiger charge is 2.42. The molecule has 18 heavy (non-hydrogen) atoms. The quantitative estimate of drug-likeness (QED) is 0.776. The van der Waals surface area contributed by atoms with Gasteiger partial charge in [-0.3, -0.25) is 4.79 Å². The lowest BCUT2D eigenvalue weighted by molar-refractivity contribution is -0.139. The van der Waals surface area contributed by atoms with Crippen LogP contribution in [0.25, 0.3) is 0 Å². The van der Waals surface area contributed by atoms with Gasteiger partial charge in [0.05, 0.1) is 20.1 Å². The predicted molar refractivity (Wildman–Crippen MR) is 68.4 cm³/mol. The number of rotatable bonds is 6. The topological polar surface area (TPSA) is 61.5 Å². The van der Waals surface area contributed by atoms with Crippen LogP contribution in [0.2, 0.25) is 0 Å². The first-order chi connectivity index (χ1) is 8.67. The molecule has 2 N–H and O–H groups in total. The lowest BCUT2D eigenvalue weighted by Crippen LogP contribution is -2.22. The Kier molecular flexibility index (Phi) is 3.87. The van der Waals surface area contributed by atoms with E-state index in [4.69, 9.17) is 10.5 Å². The number of hydrogen-bond donors (Lipinski definition) is 1. The van der Waals surface area contributed by atoms with Gasteiger partial charge >= 0.3 is 5.97 Å². The smallest absolute Gasteiger partial charge is 0.309 e. The minimum absolute atomic E-state index is 0.213. The largest absolute Gasteiger partial charge is 0.493 e. The van der Waals surface area contributed by atoms with Gasteiger partial charge in [-0.1, -0.05) is 12.1 Å². The van der Waals surface area contributed by atoms with E-state index in [0.29, 0.717) is 19.6 Å². The van der Waals surface area contributed by atoms with Gasteiger partial charge in [-0.05, 0) is 30.5 Å². The van der Waals surface area contributed by atoms with Crippen LogP contribution in [0.3, 0.4) is 0 Å². The van der Waals surface area contributed by atoms with E-state index < -0.39 is 0 Å². The molecule has 2 rings (SSSR count). The van der Waals surface area contributed by atoms with Crippen LogP contribution in [-0.4, -0.2) is 26.2 Å². The second kappa shape index (κ2) is 5.40. The zero-order valence-electron chi connectivity index (χ0n) is 10.6. The molecule has 0 amide bonds. The summed E-state index contributed by atoms with van der Waals surface area (Å²) in [5, 5.41) is 0. The number of hydrogen-bond acceptors (Lipinski definition) is 4. The summed E-state index contributed by atoms with van der Waals surface area (Å²) in [7, 11) is 1.39. The highest BCUT2D eigenvalue weighted by atomic mass is 16.5. The zero-order chi connectivity index (χ0) is 13.0. The number of carbonyl (C=O) groups is 1. The number of nitrogens with two attached hydrogens (primary N) is 1. The lowest BCUT2D eigenvalue weighted by atomic mass is 10.1. The van der Waals surface area contributed by atoms with Crippen molar-refractivity contribution in [3.8, 4) is 5.75 Å². The van der Waals surface area contributed by atoms with Crippen LogP contribution in [0.15, 0.2) is 24.3 Å². The Morgan fingerprint density at radius 2 is 2.00 bits per heavy atom. The summed E-state index contributed by atoms with van der Waals surface area (Å²) < 4.78 is 10.3. The summed E-state index contributed by atoms with van der Waals surface area (Å²) in [5.74, 6) is 0.590. The van der Waals surface area contributed by atoms with Crippen molar-refractivity contribution in [2.75, 3.05) is 20.3 Å². The van der Waals surface area contributed by atoms with Crippen LogP contribution in [0.4, 0.5) is 0 Å². The Morgan fingerprint density at radius 3 is 2.50 bits per heavy atom. The van der Waals surface area contributed by atoms with E-state index in [0.717, 1.165) is 24.2 Å². The highest BCUT2D eigenvalue weighted by Crippen LogP contribution is 2.44. The molecular formula is C14H19NO3. The van der Waals surface area contributed by atoms with Crippen LogP contribution >= 0.6 is 0 Å². The molecule has 4 heteroatoms. The number of methoxy groups -OCH3 is 1. The van der Waals surface area contributed by atoms with Crippen LogP contribution in [0.1, 0.15) is 18.4 Å². The molecule has 0 atom stereocenters. The summed E-state index contributed by atoms with van der Waals surface area (Å²) in [5.41, 5.74) is 6.83. The maximum atomic E-state index is 11.1. The van der Waals surface area contributed by atoms with E-state index in [1.807, 2.05) is 24.3 Å². The molecule has 4 nitrogen and oxygen atoms in total. The first kappa shape index (κ1) is 12.9. The van der Waals surface area contributed by atoms with Crippen molar-refractivity contribution >= 4 is 5.97 Å². The van der Waals surface area contributed by atoms with E-state index in [1.54, 1.807) is 0 Å². The van der Waals surface area contributed by atoms with Gasteiger partial charge < -0.3 is 15.2 Å². The third-order valence-electron chi connectivity index (χ3n) is 3.43. The molecule has 0 spiro atoms. The number of carbonyl (C=O) groups excluding carboxylic acids is 1. The van der Waals surface area contributed by atoms with Gasteiger partial charge in [0.25, 0.3) is 0 Å². The molecular weight excluding hydrogens is 230 g/mol. The van der Waals surface area contributed by atoms with E-state index in [2.05, 4.69) is 4.74 Å². The third-order valence-corrected chi connectivity index (χ3v) is 3.43.